The third-order valence-corrected chi connectivity index (χ3v) is 4.02. The quantitative estimate of drug-likeness (QED) is 0.906. The predicted molar refractivity (Wildman–Crippen MR) is 79.9 cm³/mol. The molecule has 4 nitrogen and oxygen atoms in total. The lowest BCUT2D eigenvalue weighted by atomic mass is 10.1. The van der Waals surface area contributed by atoms with E-state index in [2.05, 4.69) is 36.5 Å². The Kier molecular flexibility index (Phi) is 3.49. The Morgan fingerprint density at radius 1 is 1.25 bits per heavy atom. The molecule has 1 aliphatic rings. The summed E-state index contributed by atoms with van der Waals surface area (Å²) in [5.74, 6) is 0. The molecule has 1 N–H and O–H groups in total. The van der Waals surface area contributed by atoms with Crippen LogP contribution in [0.25, 0.3) is 0 Å². The molecule has 0 bridgehead atoms. The van der Waals surface area contributed by atoms with Crippen LogP contribution >= 0.6 is 0 Å². The molecule has 1 saturated carbocycles. The van der Waals surface area contributed by atoms with Gasteiger partial charge in [0, 0.05) is 25.0 Å². The Morgan fingerprint density at radius 2 is 1.95 bits per heavy atom. The van der Waals surface area contributed by atoms with Crippen LogP contribution < -0.4 is 11.0 Å². The summed E-state index contributed by atoms with van der Waals surface area (Å²) in [5, 5.41) is 3.30. The molecule has 0 saturated heterocycles. The molecule has 3 rings (SSSR count). The normalized spacial score (nSPS) is 16.3. The van der Waals surface area contributed by atoms with E-state index in [1.54, 1.807) is 4.57 Å². The average Bonchev–Trinajstić information content (AvgIpc) is 3.23. The molecule has 0 amide bonds. The zero-order chi connectivity index (χ0) is 14.1. The van der Waals surface area contributed by atoms with E-state index in [-0.39, 0.29) is 11.7 Å². The maximum absolute atomic E-state index is 12.3. The maximum atomic E-state index is 12.3. The Labute approximate surface area is 119 Å². The number of hydrogen-bond acceptors (Lipinski definition) is 2. The van der Waals surface area contributed by atoms with Crippen LogP contribution in [0.3, 0.4) is 0 Å². The second-order valence-corrected chi connectivity index (χ2v) is 5.62. The van der Waals surface area contributed by atoms with E-state index in [4.69, 9.17) is 0 Å². The highest BCUT2D eigenvalue weighted by Crippen LogP contribution is 2.33. The number of nitrogens with one attached hydrogen (secondary N) is 1. The van der Waals surface area contributed by atoms with Gasteiger partial charge in [0.05, 0.1) is 6.04 Å². The molecule has 4 heteroatoms. The first kappa shape index (κ1) is 13.2. The van der Waals surface area contributed by atoms with Gasteiger partial charge < -0.3 is 5.32 Å². The predicted octanol–water partition coefficient (Wildman–Crippen LogP) is 2.25. The molecule has 0 aliphatic heterocycles. The average molecular weight is 271 g/mol. The molecule has 1 aromatic heterocycles. The van der Waals surface area contributed by atoms with Gasteiger partial charge in [-0.3, -0.25) is 9.13 Å². The highest BCUT2D eigenvalue weighted by Gasteiger charge is 2.25. The Bertz CT molecular complexity index is 634. The summed E-state index contributed by atoms with van der Waals surface area (Å²) in [7, 11) is 1.94. The van der Waals surface area contributed by atoms with Gasteiger partial charge in [0.1, 0.15) is 0 Å². The van der Waals surface area contributed by atoms with Crippen molar-refractivity contribution in [2.75, 3.05) is 7.05 Å². The van der Waals surface area contributed by atoms with Gasteiger partial charge in [-0.2, -0.15) is 0 Å². The minimum Gasteiger partial charge on any atom is -0.312 e. The summed E-state index contributed by atoms with van der Waals surface area (Å²) in [5.41, 5.74) is 2.57. The first-order chi connectivity index (χ1) is 9.69. The van der Waals surface area contributed by atoms with Crippen LogP contribution in [0.15, 0.2) is 41.5 Å². The van der Waals surface area contributed by atoms with Gasteiger partial charge in [-0.05, 0) is 32.4 Å². The first-order valence-electron chi connectivity index (χ1n) is 7.20. The highest BCUT2D eigenvalue weighted by atomic mass is 16.1. The summed E-state index contributed by atoms with van der Waals surface area (Å²) in [6.45, 7) is 2.75. The minimum absolute atomic E-state index is 0.111. The van der Waals surface area contributed by atoms with Gasteiger partial charge in [-0.1, -0.05) is 29.8 Å². The summed E-state index contributed by atoms with van der Waals surface area (Å²) >= 11 is 0. The van der Waals surface area contributed by atoms with Crippen molar-refractivity contribution >= 4 is 0 Å². The van der Waals surface area contributed by atoms with E-state index in [0.29, 0.717) is 12.6 Å². The monoisotopic (exact) mass is 271 g/mol. The van der Waals surface area contributed by atoms with Crippen molar-refractivity contribution in [1.82, 2.24) is 14.5 Å². The number of imidazole rings is 1. The third kappa shape index (κ3) is 2.56. The van der Waals surface area contributed by atoms with Crippen LogP contribution in [-0.2, 0) is 6.54 Å². The van der Waals surface area contributed by atoms with E-state index >= 15 is 0 Å². The Hall–Kier alpha value is -1.81. The van der Waals surface area contributed by atoms with Gasteiger partial charge in [0.15, 0.2) is 0 Å². The molecule has 1 atom stereocenters. The number of aryl methyl sites for hydroxylation is 1. The fraction of sp³-hybridized carbons (Fsp3) is 0.438. The lowest BCUT2D eigenvalue weighted by Gasteiger charge is -2.17. The molecular formula is C16H21N3O. The van der Waals surface area contributed by atoms with Crippen molar-refractivity contribution in [3.8, 4) is 0 Å². The molecule has 1 unspecified atom stereocenters. The van der Waals surface area contributed by atoms with Crippen LogP contribution in [0.5, 0.6) is 0 Å². The zero-order valence-corrected chi connectivity index (χ0v) is 12.0. The molecule has 1 fully saturated rings. The van der Waals surface area contributed by atoms with Gasteiger partial charge in [0.25, 0.3) is 0 Å². The zero-order valence-electron chi connectivity index (χ0n) is 12.0. The van der Waals surface area contributed by atoms with Crippen LogP contribution in [0.1, 0.15) is 36.1 Å². The van der Waals surface area contributed by atoms with E-state index in [1.165, 1.54) is 11.1 Å². The summed E-state index contributed by atoms with van der Waals surface area (Å²) in [4.78, 5) is 12.3. The van der Waals surface area contributed by atoms with Crippen LogP contribution in [0.2, 0.25) is 0 Å². The van der Waals surface area contributed by atoms with Gasteiger partial charge in [-0.25, -0.2) is 4.79 Å². The number of rotatable bonds is 5. The van der Waals surface area contributed by atoms with E-state index in [0.717, 1.165) is 12.8 Å². The van der Waals surface area contributed by atoms with Crippen molar-refractivity contribution < 1.29 is 0 Å². The number of hydrogen-bond donors (Lipinski definition) is 1. The molecule has 0 spiro atoms. The largest absolute Gasteiger partial charge is 0.328 e. The summed E-state index contributed by atoms with van der Waals surface area (Å²) in [6, 6.07) is 9.06. The molecule has 1 aliphatic carbocycles. The number of likely N-dealkylation sites (N-methyl/N-ethyl adjacent to an activating group) is 1. The van der Waals surface area contributed by atoms with E-state index < -0.39 is 0 Å². The van der Waals surface area contributed by atoms with E-state index in [9.17, 15) is 4.79 Å². The van der Waals surface area contributed by atoms with E-state index in [1.807, 2.05) is 24.0 Å². The molecule has 0 radical (unpaired) electrons. The third-order valence-electron chi connectivity index (χ3n) is 4.02. The van der Waals surface area contributed by atoms with Gasteiger partial charge in [-0.15, -0.1) is 0 Å². The fourth-order valence-corrected chi connectivity index (χ4v) is 2.56. The second kappa shape index (κ2) is 5.29. The highest BCUT2D eigenvalue weighted by molar-refractivity contribution is 5.24. The summed E-state index contributed by atoms with van der Waals surface area (Å²) in [6.07, 6.45) is 6.09. The van der Waals surface area contributed by atoms with Crippen LogP contribution in [0, 0.1) is 6.92 Å². The van der Waals surface area contributed by atoms with Crippen molar-refractivity contribution in [2.24, 2.45) is 0 Å². The van der Waals surface area contributed by atoms with Gasteiger partial charge in [0.2, 0.25) is 0 Å². The Morgan fingerprint density at radius 3 is 2.55 bits per heavy atom. The van der Waals surface area contributed by atoms with Gasteiger partial charge >= 0.3 is 5.69 Å². The Balaban J connectivity index is 1.81. The standard InChI is InChI=1S/C16H21N3O/c1-12-3-5-13(6-4-12)15(17-2)11-18-9-10-19(16(18)20)14-7-8-14/h3-6,9-10,14-15,17H,7-8,11H2,1-2H3. The SMILES string of the molecule is CNC(Cn1ccn(C2CC2)c1=O)c1ccc(C)cc1. The fourth-order valence-electron chi connectivity index (χ4n) is 2.56. The summed E-state index contributed by atoms with van der Waals surface area (Å²) < 4.78 is 3.67. The number of aromatic nitrogens is 2. The van der Waals surface area contributed by atoms with Crippen LogP contribution in [0.4, 0.5) is 0 Å². The minimum atomic E-state index is 0.111. The second-order valence-electron chi connectivity index (χ2n) is 5.62. The van der Waals surface area contributed by atoms with Crippen molar-refractivity contribution in [3.63, 3.8) is 0 Å². The van der Waals surface area contributed by atoms with Crippen molar-refractivity contribution in [3.05, 3.63) is 58.3 Å². The molecule has 106 valence electrons. The lowest BCUT2D eigenvalue weighted by molar-refractivity contribution is 0.484. The van der Waals surface area contributed by atoms with Crippen LogP contribution in [-0.4, -0.2) is 16.2 Å². The number of nitrogens with zero attached hydrogens (tertiary/aromatic N) is 2. The van der Waals surface area contributed by atoms with Crippen molar-refractivity contribution in [1.29, 1.82) is 0 Å². The molecule has 20 heavy (non-hydrogen) atoms. The van der Waals surface area contributed by atoms with Crippen molar-refractivity contribution in [2.45, 2.75) is 38.4 Å². The smallest absolute Gasteiger partial charge is 0.312 e. The number of benzene rings is 1. The topological polar surface area (TPSA) is 39.0 Å². The maximum Gasteiger partial charge on any atom is 0.328 e. The first-order valence-corrected chi connectivity index (χ1v) is 7.20. The molecular weight excluding hydrogens is 250 g/mol. The molecule has 1 aromatic carbocycles. The molecule has 2 aromatic rings. The lowest BCUT2D eigenvalue weighted by Crippen LogP contribution is -2.29. The molecule has 1 heterocycles.